The highest BCUT2D eigenvalue weighted by Crippen LogP contribution is 2.29. The molecule has 0 heterocycles. The van der Waals surface area contributed by atoms with E-state index in [9.17, 15) is 14.5 Å². The van der Waals surface area contributed by atoms with Crippen LogP contribution < -0.4 is 4.74 Å². The summed E-state index contributed by atoms with van der Waals surface area (Å²) < 4.78 is 18.8. The van der Waals surface area contributed by atoms with Crippen molar-refractivity contribution in [3.8, 4) is 5.75 Å². The highest BCUT2D eigenvalue weighted by molar-refractivity contribution is 9.09. The molecule has 6 heteroatoms. The van der Waals surface area contributed by atoms with E-state index in [-0.39, 0.29) is 11.4 Å². The maximum Gasteiger partial charge on any atom is 0.314 e. The van der Waals surface area contributed by atoms with Crippen LogP contribution in [-0.4, -0.2) is 16.9 Å². The van der Waals surface area contributed by atoms with Crippen LogP contribution in [-0.2, 0) is 0 Å². The molecule has 0 aliphatic heterocycles. The zero-order valence-corrected chi connectivity index (χ0v) is 13.6. The van der Waals surface area contributed by atoms with Gasteiger partial charge in [0.15, 0.2) is 5.82 Å². The van der Waals surface area contributed by atoms with Crippen molar-refractivity contribution in [1.29, 1.82) is 0 Å². The van der Waals surface area contributed by atoms with Gasteiger partial charge in [-0.25, -0.2) is 4.39 Å². The van der Waals surface area contributed by atoms with E-state index in [4.69, 9.17) is 4.74 Å². The molecule has 1 aromatic carbocycles. The van der Waals surface area contributed by atoms with Crippen LogP contribution in [0, 0.1) is 15.9 Å². The highest BCUT2D eigenvalue weighted by Gasteiger charge is 2.18. The molecular weight excluding hydrogens is 341 g/mol. The lowest BCUT2D eigenvalue weighted by Crippen LogP contribution is -2.02. The second-order valence-electron chi connectivity index (χ2n) is 4.86. The summed E-state index contributed by atoms with van der Waals surface area (Å²) in [6.07, 6.45) is 7.76. The van der Waals surface area contributed by atoms with Gasteiger partial charge in [0.05, 0.1) is 11.5 Å². The molecule has 0 fully saturated rings. The first-order valence-corrected chi connectivity index (χ1v) is 8.40. The second-order valence-corrected chi connectivity index (χ2v) is 5.65. The van der Waals surface area contributed by atoms with Crippen LogP contribution in [0.5, 0.6) is 5.75 Å². The minimum Gasteiger partial charge on any atom is -0.485 e. The summed E-state index contributed by atoms with van der Waals surface area (Å²) in [5, 5.41) is 11.8. The number of nitro benzene ring substituents is 1. The topological polar surface area (TPSA) is 52.4 Å². The van der Waals surface area contributed by atoms with Crippen molar-refractivity contribution in [1.82, 2.24) is 0 Å². The molecule has 0 spiro atoms. The molecule has 118 valence electrons. The monoisotopic (exact) mass is 361 g/mol. The summed E-state index contributed by atoms with van der Waals surface area (Å²) in [5.41, 5.74) is -0.315. The van der Waals surface area contributed by atoms with Crippen LogP contribution in [0.25, 0.3) is 0 Å². The molecule has 0 atom stereocenters. The van der Waals surface area contributed by atoms with Gasteiger partial charge in [0.25, 0.3) is 0 Å². The van der Waals surface area contributed by atoms with Gasteiger partial charge in [0.1, 0.15) is 0 Å². The first kappa shape index (κ1) is 17.9. The average molecular weight is 362 g/mol. The third-order valence-corrected chi connectivity index (χ3v) is 3.73. The molecule has 1 rings (SSSR count). The van der Waals surface area contributed by atoms with E-state index in [2.05, 4.69) is 15.9 Å². The van der Waals surface area contributed by atoms with Crippen LogP contribution in [0.3, 0.4) is 0 Å². The molecule has 0 aliphatic rings. The number of nitro groups is 1. The minimum absolute atomic E-state index is 0.250. The quantitative estimate of drug-likeness (QED) is 0.234. The summed E-state index contributed by atoms with van der Waals surface area (Å²) in [7, 11) is 0. The first-order chi connectivity index (χ1) is 10.2. The van der Waals surface area contributed by atoms with Crippen molar-refractivity contribution in [2.24, 2.45) is 0 Å². The molecule has 0 unspecified atom stereocenters. The molecular formula is C15H21BrFNO3. The van der Waals surface area contributed by atoms with Crippen LogP contribution >= 0.6 is 15.9 Å². The van der Waals surface area contributed by atoms with Crippen molar-refractivity contribution in [2.75, 3.05) is 11.9 Å². The fraction of sp³-hybridized carbons (Fsp3) is 0.600. The van der Waals surface area contributed by atoms with Gasteiger partial charge in [-0.15, -0.1) is 0 Å². The number of ether oxygens (including phenoxy) is 1. The lowest BCUT2D eigenvalue weighted by Gasteiger charge is -2.07. The van der Waals surface area contributed by atoms with Crippen LogP contribution in [0.4, 0.5) is 10.1 Å². The smallest absolute Gasteiger partial charge is 0.314 e. The van der Waals surface area contributed by atoms with Gasteiger partial charge in [-0.3, -0.25) is 10.1 Å². The largest absolute Gasteiger partial charge is 0.485 e. The van der Waals surface area contributed by atoms with E-state index >= 15 is 0 Å². The van der Waals surface area contributed by atoms with E-state index in [0.29, 0.717) is 6.61 Å². The lowest BCUT2D eigenvalue weighted by molar-refractivity contribution is -0.386. The molecule has 21 heavy (non-hydrogen) atoms. The summed E-state index contributed by atoms with van der Waals surface area (Å²) in [5.74, 6) is -0.932. The average Bonchev–Trinajstić information content (AvgIpc) is 2.46. The summed E-state index contributed by atoms with van der Waals surface area (Å²) >= 11 is 3.40. The number of alkyl halides is 1. The molecule has 0 saturated heterocycles. The molecule has 0 radical (unpaired) electrons. The normalized spacial score (nSPS) is 10.6. The molecule has 0 saturated carbocycles. The van der Waals surface area contributed by atoms with E-state index in [1.54, 1.807) is 0 Å². The highest BCUT2D eigenvalue weighted by atomic mass is 79.9. The Morgan fingerprint density at radius 3 is 2.33 bits per heavy atom. The maximum absolute atomic E-state index is 13.5. The fourth-order valence-electron chi connectivity index (χ4n) is 2.04. The molecule has 0 aliphatic carbocycles. The zero-order valence-electron chi connectivity index (χ0n) is 12.0. The van der Waals surface area contributed by atoms with Crippen molar-refractivity contribution in [2.45, 2.75) is 44.9 Å². The van der Waals surface area contributed by atoms with Gasteiger partial charge in [-0.2, -0.15) is 0 Å². The maximum atomic E-state index is 13.5. The Morgan fingerprint density at radius 2 is 1.71 bits per heavy atom. The Balaban J connectivity index is 2.23. The van der Waals surface area contributed by atoms with Crippen molar-refractivity contribution in [3.63, 3.8) is 0 Å². The number of para-hydroxylation sites is 1. The van der Waals surface area contributed by atoms with Crippen molar-refractivity contribution < 1.29 is 14.1 Å². The van der Waals surface area contributed by atoms with Crippen LogP contribution in [0.15, 0.2) is 18.2 Å². The number of hydrogen-bond donors (Lipinski definition) is 0. The minimum atomic E-state index is -0.682. The molecule has 4 nitrogen and oxygen atoms in total. The molecule has 0 bridgehead atoms. The fourth-order valence-corrected chi connectivity index (χ4v) is 2.44. The van der Waals surface area contributed by atoms with E-state index in [1.807, 2.05) is 0 Å². The zero-order chi connectivity index (χ0) is 15.5. The number of rotatable bonds is 11. The van der Waals surface area contributed by atoms with Gasteiger partial charge < -0.3 is 4.74 Å². The van der Waals surface area contributed by atoms with Gasteiger partial charge in [0.2, 0.25) is 5.75 Å². The molecule has 1 aromatic rings. The van der Waals surface area contributed by atoms with Crippen molar-refractivity contribution >= 4 is 21.6 Å². The molecule has 0 aromatic heterocycles. The Kier molecular flexibility index (Phi) is 8.98. The van der Waals surface area contributed by atoms with Crippen molar-refractivity contribution in [3.05, 3.63) is 34.1 Å². The van der Waals surface area contributed by atoms with Gasteiger partial charge in [0, 0.05) is 11.4 Å². The number of unbranched alkanes of at least 4 members (excludes halogenated alkanes) is 6. The summed E-state index contributed by atoms with van der Waals surface area (Å²) in [4.78, 5) is 10.2. The lowest BCUT2D eigenvalue weighted by atomic mass is 10.1. The SMILES string of the molecule is O=[N+]([O-])c1cccc(F)c1OCCCCCCCCCBr. The third kappa shape index (κ3) is 6.89. The standard InChI is InChI=1S/C15H21BrFNO3/c16-11-6-4-2-1-3-5-7-12-21-15-13(17)9-8-10-14(15)18(19)20/h8-10H,1-7,11-12H2. The van der Waals surface area contributed by atoms with Crippen LogP contribution in [0.2, 0.25) is 0 Å². The Hall–Kier alpha value is -1.17. The Labute approximate surface area is 133 Å². The summed E-state index contributed by atoms with van der Waals surface area (Å²) in [6, 6.07) is 3.74. The predicted octanol–water partition coefficient (Wildman–Crippen LogP) is 5.24. The number of nitrogens with zero attached hydrogens (tertiary/aromatic N) is 1. The Bertz CT molecular complexity index is 443. The van der Waals surface area contributed by atoms with E-state index < -0.39 is 10.7 Å². The van der Waals surface area contributed by atoms with Gasteiger partial charge in [-0.1, -0.05) is 54.1 Å². The predicted molar refractivity (Wildman–Crippen MR) is 84.7 cm³/mol. The number of benzene rings is 1. The molecule has 0 amide bonds. The van der Waals surface area contributed by atoms with E-state index in [1.165, 1.54) is 43.9 Å². The van der Waals surface area contributed by atoms with Gasteiger partial charge >= 0.3 is 5.69 Å². The molecule has 0 N–H and O–H groups in total. The van der Waals surface area contributed by atoms with Crippen LogP contribution in [0.1, 0.15) is 44.9 Å². The second kappa shape index (κ2) is 10.5. The number of hydrogen-bond acceptors (Lipinski definition) is 3. The number of halogens is 2. The Morgan fingerprint density at radius 1 is 1.10 bits per heavy atom. The van der Waals surface area contributed by atoms with E-state index in [0.717, 1.165) is 24.6 Å². The third-order valence-electron chi connectivity index (χ3n) is 3.17. The first-order valence-electron chi connectivity index (χ1n) is 7.28. The summed E-state index contributed by atoms with van der Waals surface area (Å²) in [6.45, 7) is 0.309. The van der Waals surface area contributed by atoms with Gasteiger partial charge in [-0.05, 0) is 18.9 Å².